The third kappa shape index (κ3) is 3.08. The Morgan fingerprint density at radius 3 is 2.46 bits per heavy atom. The largest absolute Gasteiger partial charge is 0.332 e. The van der Waals surface area contributed by atoms with E-state index in [1.807, 2.05) is 38.1 Å². The molecule has 26 heavy (non-hydrogen) atoms. The predicted molar refractivity (Wildman–Crippen MR) is 102 cm³/mol. The van der Waals surface area contributed by atoms with Crippen molar-refractivity contribution < 1.29 is 4.79 Å². The predicted octanol–water partition coefficient (Wildman–Crippen LogP) is 1.95. The van der Waals surface area contributed by atoms with Crippen molar-refractivity contribution in [3.05, 3.63) is 62.9 Å². The van der Waals surface area contributed by atoms with Gasteiger partial charge in [-0.3, -0.25) is 18.7 Å². The summed E-state index contributed by atoms with van der Waals surface area (Å²) in [7, 11) is 0. The standard InChI is InChI=1S/C19H22N4O3/c1-4-22-17-15(18(25)23(5-2)19(22)26)9-10-21(17)12-16(24)20-14-8-6-7-13(3)11-14/h6-11H,4-5,12H2,1-3H3,(H,20,24). The average Bonchev–Trinajstić information content (AvgIpc) is 2.99. The Kier molecular flexibility index (Phi) is 4.79. The van der Waals surface area contributed by atoms with E-state index in [0.29, 0.717) is 29.8 Å². The van der Waals surface area contributed by atoms with Crippen LogP contribution in [0.2, 0.25) is 0 Å². The van der Waals surface area contributed by atoms with E-state index in [1.165, 1.54) is 9.13 Å². The molecule has 0 radical (unpaired) electrons. The van der Waals surface area contributed by atoms with Gasteiger partial charge in [0, 0.05) is 25.0 Å². The van der Waals surface area contributed by atoms with Gasteiger partial charge in [0.25, 0.3) is 5.56 Å². The molecule has 0 saturated carbocycles. The van der Waals surface area contributed by atoms with Crippen molar-refractivity contribution in [2.45, 2.75) is 40.4 Å². The number of carbonyl (C=O) groups is 1. The highest BCUT2D eigenvalue weighted by atomic mass is 16.2. The molecule has 0 aliphatic rings. The van der Waals surface area contributed by atoms with Crippen LogP contribution in [-0.2, 0) is 24.4 Å². The van der Waals surface area contributed by atoms with Crippen LogP contribution in [0.4, 0.5) is 5.69 Å². The first-order valence-corrected chi connectivity index (χ1v) is 8.65. The molecule has 7 nitrogen and oxygen atoms in total. The number of rotatable bonds is 5. The van der Waals surface area contributed by atoms with Gasteiger partial charge in [-0.2, -0.15) is 0 Å². The summed E-state index contributed by atoms with van der Waals surface area (Å²) in [5.74, 6) is -0.220. The van der Waals surface area contributed by atoms with Crippen LogP contribution >= 0.6 is 0 Å². The minimum atomic E-state index is -0.355. The number of aryl methyl sites for hydroxylation is 2. The fourth-order valence-electron chi connectivity index (χ4n) is 3.17. The number of benzene rings is 1. The molecule has 136 valence electrons. The lowest BCUT2D eigenvalue weighted by molar-refractivity contribution is -0.116. The Morgan fingerprint density at radius 1 is 1.08 bits per heavy atom. The van der Waals surface area contributed by atoms with Crippen LogP contribution in [0, 0.1) is 6.92 Å². The van der Waals surface area contributed by atoms with Gasteiger partial charge >= 0.3 is 5.69 Å². The van der Waals surface area contributed by atoms with Crippen LogP contribution in [0.25, 0.3) is 11.0 Å². The van der Waals surface area contributed by atoms with Gasteiger partial charge in [-0.1, -0.05) is 12.1 Å². The van der Waals surface area contributed by atoms with Gasteiger partial charge in [0.2, 0.25) is 5.91 Å². The average molecular weight is 354 g/mol. The Labute approximate surface area is 150 Å². The number of carbonyl (C=O) groups excluding carboxylic acids is 1. The number of nitrogens with zero attached hydrogens (tertiary/aromatic N) is 3. The lowest BCUT2D eigenvalue weighted by atomic mass is 10.2. The van der Waals surface area contributed by atoms with Crippen molar-refractivity contribution in [1.82, 2.24) is 13.7 Å². The molecular formula is C19H22N4O3. The minimum Gasteiger partial charge on any atom is -0.325 e. The molecule has 3 aromatic rings. The highest BCUT2D eigenvalue weighted by Crippen LogP contribution is 2.13. The third-order valence-electron chi connectivity index (χ3n) is 4.38. The number of anilines is 1. The molecule has 7 heteroatoms. The number of hydrogen-bond acceptors (Lipinski definition) is 3. The van der Waals surface area contributed by atoms with Gasteiger partial charge in [0.05, 0.1) is 5.39 Å². The van der Waals surface area contributed by atoms with Crippen molar-refractivity contribution in [3.8, 4) is 0 Å². The van der Waals surface area contributed by atoms with Crippen LogP contribution in [-0.4, -0.2) is 19.6 Å². The number of fused-ring (bicyclic) bond motifs is 1. The second-order valence-corrected chi connectivity index (χ2v) is 6.17. The number of amides is 1. The van der Waals surface area contributed by atoms with Crippen molar-refractivity contribution >= 4 is 22.6 Å². The first kappa shape index (κ1) is 17.7. The Bertz CT molecular complexity index is 1090. The zero-order chi connectivity index (χ0) is 18.8. The van der Waals surface area contributed by atoms with E-state index in [0.717, 1.165) is 5.56 Å². The molecular weight excluding hydrogens is 332 g/mol. The van der Waals surface area contributed by atoms with Crippen LogP contribution in [0.15, 0.2) is 46.1 Å². The fourth-order valence-corrected chi connectivity index (χ4v) is 3.17. The molecule has 0 fully saturated rings. The summed E-state index contributed by atoms with van der Waals surface area (Å²) in [6.07, 6.45) is 1.67. The first-order valence-electron chi connectivity index (χ1n) is 8.65. The van der Waals surface area contributed by atoms with E-state index in [4.69, 9.17) is 0 Å². The maximum atomic E-state index is 12.5. The van der Waals surface area contributed by atoms with Gasteiger partial charge in [-0.25, -0.2) is 4.79 Å². The summed E-state index contributed by atoms with van der Waals surface area (Å²) in [6, 6.07) is 9.19. The number of hydrogen-bond donors (Lipinski definition) is 1. The zero-order valence-electron chi connectivity index (χ0n) is 15.2. The van der Waals surface area contributed by atoms with E-state index in [1.54, 1.807) is 23.8 Å². The van der Waals surface area contributed by atoms with E-state index in [-0.39, 0.29) is 23.7 Å². The molecule has 1 N–H and O–H groups in total. The van der Waals surface area contributed by atoms with Gasteiger partial charge in [0.1, 0.15) is 12.2 Å². The van der Waals surface area contributed by atoms with E-state index in [9.17, 15) is 14.4 Å². The SMILES string of the molecule is CCn1c(=O)c2ccn(CC(=O)Nc3cccc(C)c3)c2n(CC)c1=O. The Hall–Kier alpha value is -3.09. The summed E-state index contributed by atoms with van der Waals surface area (Å²) in [5, 5.41) is 3.29. The van der Waals surface area contributed by atoms with Crippen LogP contribution in [0.3, 0.4) is 0 Å². The second-order valence-electron chi connectivity index (χ2n) is 6.17. The molecule has 1 amide bonds. The molecule has 3 rings (SSSR count). The Balaban J connectivity index is 2.00. The molecule has 0 atom stereocenters. The maximum Gasteiger partial charge on any atom is 0.332 e. The number of aromatic nitrogens is 3. The van der Waals surface area contributed by atoms with Crippen molar-refractivity contribution in [2.75, 3.05) is 5.32 Å². The van der Waals surface area contributed by atoms with Crippen LogP contribution in [0.5, 0.6) is 0 Å². The van der Waals surface area contributed by atoms with Gasteiger partial charge < -0.3 is 9.88 Å². The van der Waals surface area contributed by atoms with Crippen molar-refractivity contribution in [1.29, 1.82) is 0 Å². The highest BCUT2D eigenvalue weighted by molar-refractivity contribution is 5.91. The topological polar surface area (TPSA) is 78.0 Å². The van der Waals surface area contributed by atoms with Crippen LogP contribution < -0.4 is 16.6 Å². The number of nitrogens with one attached hydrogen (secondary N) is 1. The quantitative estimate of drug-likeness (QED) is 0.761. The van der Waals surface area contributed by atoms with Crippen LogP contribution in [0.1, 0.15) is 19.4 Å². The molecule has 2 aromatic heterocycles. The molecule has 0 aliphatic heterocycles. The van der Waals surface area contributed by atoms with Gasteiger partial charge in [0.15, 0.2) is 0 Å². The molecule has 1 aromatic carbocycles. The van der Waals surface area contributed by atoms with E-state index < -0.39 is 0 Å². The monoisotopic (exact) mass is 354 g/mol. The normalized spacial score (nSPS) is 11.0. The smallest absolute Gasteiger partial charge is 0.325 e. The molecule has 0 saturated heterocycles. The minimum absolute atomic E-state index is 0.0203. The lowest BCUT2D eigenvalue weighted by Crippen LogP contribution is -2.39. The summed E-state index contributed by atoms with van der Waals surface area (Å²) >= 11 is 0. The van der Waals surface area contributed by atoms with Gasteiger partial charge in [-0.05, 0) is 44.5 Å². The second kappa shape index (κ2) is 7.03. The fraction of sp³-hybridized carbons (Fsp3) is 0.316. The summed E-state index contributed by atoms with van der Waals surface area (Å²) in [6.45, 7) is 6.31. The maximum absolute atomic E-state index is 12.5. The van der Waals surface area contributed by atoms with Crippen molar-refractivity contribution in [2.24, 2.45) is 0 Å². The molecule has 0 bridgehead atoms. The lowest BCUT2D eigenvalue weighted by Gasteiger charge is -2.13. The highest BCUT2D eigenvalue weighted by Gasteiger charge is 2.16. The zero-order valence-corrected chi connectivity index (χ0v) is 15.2. The van der Waals surface area contributed by atoms with Crippen molar-refractivity contribution in [3.63, 3.8) is 0 Å². The summed E-state index contributed by atoms with van der Waals surface area (Å²) in [4.78, 5) is 37.5. The third-order valence-corrected chi connectivity index (χ3v) is 4.38. The molecule has 2 heterocycles. The Morgan fingerprint density at radius 2 is 1.81 bits per heavy atom. The molecule has 0 unspecified atom stereocenters. The molecule has 0 aliphatic carbocycles. The summed E-state index contributed by atoms with van der Waals surface area (Å²) < 4.78 is 4.38. The van der Waals surface area contributed by atoms with Gasteiger partial charge in [-0.15, -0.1) is 0 Å². The molecule has 0 spiro atoms. The first-order chi connectivity index (χ1) is 12.5. The summed E-state index contributed by atoms with van der Waals surface area (Å²) in [5.41, 5.74) is 1.56. The van der Waals surface area contributed by atoms with E-state index in [2.05, 4.69) is 5.32 Å². The van der Waals surface area contributed by atoms with E-state index >= 15 is 0 Å².